The highest BCUT2D eigenvalue weighted by molar-refractivity contribution is 7.92. The number of hydrogen-bond donors (Lipinski definition) is 0. The van der Waals surface area contributed by atoms with Crippen LogP contribution in [0.15, 0.2) is 29.2 Å². The maximum Gasteiger partial charge on any atom is 0.266 e. The molecule has 1 saturated heterocycles. The zero-order valence-electron chi connectivity index (χ0n) is 13.7. The number of sulfone groups is 1. The van der Waals surface area contributed by atoms with Gasteiger partial charge >= 0.3 is 0 Å². The molecule has 1 amide bonds. The van der Waals surface area contributed by atoms with Crippen LogP contribution in [0.5, 0.6) is 0 Å². The second-order valence-corrected chi connectivity index (χ2v) is 8.70. The molecule has 1 aromatic rings. The Hall–Kier alpha value is -1.54. The zero-order valence-corrected chi connectivity index (χ0v) is 14.6. The number of amides is 1. The lowest BCUT2D eigenvalue weighted by atomic mass is 10.1. The second-order valence-electron chi connectivity index (χ2n) is 6.47. The summed E-state index contributed by atoms with van der Waals surface area (Å²) < 4.78 is 55.6. The third-order valence-corrected chi connectivity index (χ3v) is 7.11. The highest BCUT2D eigenvalue weighted by Gasteiger charge is 2.32. The van der Waals surface area contributed by atoms with E-state index in [0.717, 1.165) is 12.8 Å². The number of alkyl halides is 2. The van der Waals surface area contributed by atoms with Gasteiger partial charge < -0.3 is 9.64 Å². The van der Waals surface area contributed by atoms with Gasteiger partial charge in [0.25, 0.3) is 12.3 Å². The van der Waals surface area contributed by atoms with Gasteiger partial charge in [0.05, 0.1) is 23.3 Å². The molecule has 5 nitrogen and oxygen atoms in total. The standard InChI is InChI=1S/C17H21F2NO4S/c18-16(19)15-11-20(9-10-24-15)17(21)12-5-7-14(8-6-12)25(22,23)13-3-1-2-4-13/h5-8,13,15-16H,1-4,9-11H2. The van der Waals surface area contributed by atoms with Crippen molar-refractivity contribution in [1.82, 2.24) is 4.90 Å². The number of halogens is 2. The Kier molecular flexibility index (Phi) is 5.38. The van der Waals surface area contributed by atoms with Crippen molar-refractivity contribution in [3.05, 3.63) is 29.8 Å². The Bertz CT molecular complexity index is 715. The minimum atomic E-state index is -3.37. The summed E-state index contributed by atoms with van der Waals surface area (Å²) in [5, 5.41) is -0.347. The summed E-state index contributed by atoms with van der Waals surface area (Å²) in [5.74, 6) is -0.390. The third kappa shape index (κ3) is 3.84. The lowest BCUT2D eigenvalue weighted by Crippen LogP contribution is -2.48. The molecule has 2 aliphatic rings. The molecule has 0 bridgehead atoms. The molecule has 1 aromatic carbocycles. The molecule has 1 saturated carbocycles. The van der Waals surface area contributed by atoms with Crippen molar-refractivity contribution < 1.29 is 26.7 Å². The Morgan fingerprint density at radius 3 is 2.40 bits per heavy atom. The lowest BCUT2D eigenvalue weighted by molar-refractivity contribution is -0.0942. The van der Waals surface area contributed by atoms with Crippen molar-refractivity contribution >= 4 is 15.7 Å². The molecule has 1 aliphatic carbocycles. The summed E-state index contributed by atoms with van der Waals surface area (Å²) >= 11 is 0. The molecule has 8 heteroatoms. The summed E-state index contributed by atoms with van der Waals surface area (Å²) in [6.07, 6.45) is -0.738. The number of nitrogens with zero attached hydrogens (tertiary/aromatic N) is 1. The second kappa shape index (κ2) is 7.37. The number of benzene rings is 1. The number of carbonyl (C=O) groups excluding carboxylic acids is 1. The van der Waals surface area contributed by atoms with Crippen LogP contribution in [0.25, 0.3) is 0 Å². The predicted octanol–water partition coefficient (Wildman–Crippen LogP) is 2.51. The normalized spacial score (nSPS) is 22.5. The molecule has 138 valence electrons. The molecule has 0 N–H and O–H groups in total. The summed E-state index contributed by atoms with van der Waals surface area (Å²) in [7, 11) is -3.37. The fourth-order valence-corrected chi connectivity index (χ4v) is 5.23. The molecule has 1 aliphatic heterocycles. The van der Waals surface area contributed by atoms with Gasteiger partial charge in [-0.1, -0.05) is 12.8 Å². The van der Waals surface area contributed by atoms with Crippen LogP contribution in [-0.4, -0.2) is 56.7 Å². The number of hydrogen-bond acceptors (Lipinski definition) is 4. The molecule has 0 spiro atoms. The predicted molar refractivity (Wildman–Crippen MR) is 87.5 cm³/mol. The summed E-state index contributed by atoms with van der Waals surface area (Å²) in [5.41, 5.74) is 0.292. The first-order chi connectivity index (χ1) is 11.9. The molecule has 1 heterocycles. The van der Waals surface area contributed by atoms with E-state index in [4.69, 9.17) is 4.74 Å². The SMILES string of the molecule is O=C(c1ccc(S(=O)(=O)C2CCCC2)cc1)N1CCOC(C(F)F)C1. The number of morpholine rings is 1. The van der Waals surface area contributed by atoms with Crippen molar-refractivity contribution in [3.63, 3.8) is 0 Å². The van der Waals surface area contributed by atoms with Gasteiger partial charge in [0.2, 0.25) is 0 Å². The monoisotopic (exact) mass is 373 g/mol. The minimum absolute atomic E-state index is 0.0644. The molecule has 0 aromatic heterocycles. The highest BCUT2D eigenvalue weighted by atomic mass is 32.2. The van der Waals surface area contributed by atoms with Gasteiger partial charge in [-0.05, 0) is 37.1 Å². The van der Waals surface area contributed by atoms with Crippen molar-refractivity contribution in [2.24, 2.45) is 0 Å². The van der Waals surface area contributed by atoms with Crippen molar-refractivity contribution in [2.45, 2.75) is 48.4 Å². The maximum atomic E-state index is 12.8. The van der Waals surface area contributed by atoms with Crippen LogP contribution in [0, 0.1) is 0 Å². The number of rotatable bonds is 4. The van der Waals surface area contributed by atoms with Gasteiger partial charge in [-0.3, -0.25) is 4.79 Å². The fraction of sp³-hybridized carbons (Fsp3) is 0.588. The molecule has 2 fully saturated rings. The van der Waals surface area contributed by atoms with Gasteiger partial charge in [0.15, 0.2) is 9.84 Å². The van der Waals surface area contributed by atoms with Crippen molar-refractivity contribution in [2.75, 3.05) is 19.7 Å². The Balaban J connectivity index is 1.72. The van der Waals surface area contributed by atoms with Crippen LogP contribution in [0.4, 0.5) is 8.78 Å². The van der Waals surface area contributed by atoms with E-state index < -0.39 is 28.3 Å². The number of carbonyl (C=O) groups is 1. The van der Waals surface area contributed by atoms with E-state index >= 15 is 0 Å². The average Bonchev–Trinajstić information content (AvgIpc) is 3.17. The third-order valence-electron chi connectivity index (χ3n) is 4.83. The van der Waals surface area contributed by atoms with Crippen molar-refractivity contribution in [3.8, 4) is 0 Å². The van der Waals surface area contributed by atoms with E-state index in [1.54, 1.807) is 0 Å². The van der Waals surface area contributed by atoms with Gasteiger partial charge in [-0.2, -0.15) is 0 Å². The van der Waals surface area contributed by atoms with Crippen LogP contribution >= 0.6 is 0 Å². The minimum Gasteiger partial charge on any atom is -0.369 e. The Morgan fingerprint density at radius 2 is 1.80 bits per heavy atom. The van der Waals surface area contributed by atoms with E-state index in [1.807, 2.05) is 0 Å². The van der Waals surface area contributed by atoms with Crippen LogP contribution in [0.3, 0.4) is 0 Å². The topological polar surface area (TPSA) is 63.7 Å². The summed E-state index contributed by atoms with van der Waals surface area (Å²) in [6, 6.07) is 5.78. The summed E-state index contributed by atoms with van der Waals surface area (Å²) in [6.45, 7) is 0.137. The van der Waals surface area contributed by atoms with Gasteiger partial charge in [0.1, 0.15) is 6.10 Å². The van der Waals surface area contributed by atoms with Crippen LogP contribution < -0.4 is 0 Å². The van der Waals surface area contributed by atoms with Gasteiger partial charge in [-0.25, -0.2) is 17.2 Å². The maximum absolute atomic E-state index is 12.8. The fourth-order valence-electron chi connectivity index (χ4n) is 3.37. The molecule has 1 atom stereocenters. The van der Waals surface area contributed by atoms with Crippen LogP contribution in [0.2, 0.25) is 0 Å². The van der Waals surface area contributed by atoms with Crippen molar-refractivity contribution in [1.29, 1.82) is 0 Å². The van der Waals surface area contributed by atoms with Crippen LogP contribution in [0.1, 0.15) is 36.0 Å². The zero-order chi connectivity index (χ0) is 18.0. The first-order valence-electron chi connectivity index (χ1n) is 8.42. The molecular weight excluding hydrogens is 352 g/mol. The Morgan fingerprint density at radius 1 is 1.16 bits per heavy atom. The van der Waals surface area contributed by atoms with E-state index in [0.29, 0.717) is 18.4 Å². The van der Waals surface area contributed by atoms with Gasteiger partial charge in [-0.15, -0.1) is 0 Å². The molecule has 1 unspecified atom stereocenters. The van der Waals surface area contributed by atoms with Crippen LogP contribution in [-0.2, 0) is 14.6 Å². The summed E-state index contributed by atoms with van der Waals surface area (Å²) in [4.78, 5) is 14.0. The highest BCUT2D eigenvalue weighted by Crippen LogP contribution is 2.29. The van der Waals surface area contributed by atoms with E-state index in [2.05, 4.69) is 0 Å². The Labute approximate surface area is 145 Å². The molecule has 25 heavy (non-hydrogen) atoms. The van der Waals surface area contributed by atoms with E-state index in [1.165, 1.54) is 29.2 Å². The molecular formula is C17H21F2NO4S. The first-order valence-corrected chi connectivity index (χ1v) is 9.97. The quantitative estimate of drug-likeness (QED) is 0.814. The molecule has 3 rings (SSSR count). The smallest absolute Gasteiger partial charge is 0.266 e. The number of ether oxygens (including phenoxy) is 1. The average molecular weight is 373 g/mol. The largest absolute Gasteiger partial charge is 0.369 e. The molecule has 0 radical (unpaired) electrons. The van der Waals surface area contributed by atoms with E-state index in [-0.39, 0.29) is 29.8 Å². The lowest BCUT2D eigenvalue weighted by Gasteiger charge is -2.32. The van der Waals surface area contributed by atoms with E-state index in [9.17, 15) is 22.0 Å². The first kappa shape index (κ1) is 18.3. The van der Waals surface area contributed by atoms with Gasteiger partial charge in [0, 0.05) is 12.1 Å².